The molecule has 35 heavy (non-hydrogen) atoms. The van der Waals surface area contributed by atoms with Crippen molar-refractivity contribution in [1.82, 2.24) is 0 Å². The largest absolute Gasteiger partial charge is 0.486 e. The van der Waals surface area contributed by atoms with Crippen molar-refractivity contribution in [1.29, 1.82) is 0 Å². The Labute approximate surface area is 209 Å². The van der Waals surface area contributed by atoms with Crippen molar-refractivity contribution in [2.75, 3.05) is 10.8 Å². The Balaban J connectivity index is 1.84. The summed E-state index contributed by atoms with van der Waals surface area (Å²) >= 11 is 6.29. The number of hydrogen-bond acceptors (Lipinski definition) is 4. The van der Waals surface area contributed by atoms with Crippen molar-refractivity contribution in [3.8, 4) is 16.9 Å². The van der Waals surface area contributed by atoms with Crippen LogP contribution in [0.2, 0.25) is 5.02 Å². The molecule has 0 bridgehead atoms. The Morgan fingerprint density at radius 2 is 1.91 bits per heavy atom. The smallest absolute Gasteiger partial charge is 0.309 e. The molecule has 3 aromatic rings. The number of fused-ring (bicyclic) bond motifs is 1. The molecule has 9 heteroatoms. The Kier molecular flexibility index (Phi) is 6.55. The molecule has 1 atom stereocenters. The number of hydrogen-bond donors (Lipinski definition) is 1. The van der Waals surface area contributed by atoms with E-state index in [-0.39, 0.29) is 29.3 Å². The zero-order valence-corrected chi connectivity index (χ0v) is 21.0. The van der Waals surface area contributed by atoms with Gasteiger partial charge in [-0.2, -0.15) is 0 Å². The van der Waals surface area contributed by atoms with Crippen LogP contribution in [0.1, 0.15) is 25.8 Å². The number of aryl methyl sites for hydroxylation is 1. The summed E-state index contributed by atoms with van der Waals surface area (Å²) < 4.78 is 48.8. The fraction of sp³-hybridized carbons (Fsp3) is 0.269. The van der Waals surface area contributed by atoms with Crippen LogP contribution in [0.25, 0.3) is 11.1 Å². The molecule has 0 aromatic heterocycles. The number of anilines is 1. The van der Waals surface area contributed by atoms with Crippen LogP contribution in [0.15, 0.2) is 65.6 Å². The number of benzene rings is 3. The van der Waals surface area contributed by atoms with Gasteiger partial charge in [0.15, 0.2) is 0 Å². The minimum absolute atomic E-state index is 0.0830. The van der Waals surface area contributed by atoms with Crippen LogP contribution in [-0.4, -0.2) is 32.1 Å². The monoisotopic (exact) mass is 517 g/mol. The highest BCUT2D eigenvalue weighted by Crippen LogP contribution is 2.42. The molecule has 0 amide bonds. The van der Waals surface area contributed by atoms with Crippen molar-refractivity contribution in [3.63, 3.8) is 0 Å². The maximum atomic E-state index is 13.9. The molecule has 0 aliphatic carbocycles. The average Bonchev–Trinajstić information content (AvgIpc) is 2.79. The third-order valence-electron chi connectivity index (χ3n) is 6.02. The lowest BCUT2D eigenvalue weighted by atomic mass is 9.86. The molecule has 4 rings (SSSR count). The SMILES string of the molecule is Cc1cccc(S(=O)(=O)N2C[C@H](CC(C)(C)C(=O)O)Oc3ccc(-c4cc(F)ccc4Cl)cc32)c1. The first kappa shape index (κ1) is 25.0. The zero-order chi connectivity index (χ0) is 25.5. The van der Waals surface area contributed by atoms with Crippen molar-refractivity contribution >= 4 is 33.3 Å². The highest BCUT2D eigenvalue weighted by molar-refractivity contribution is 7.92. The quantitative estimate of drug-likeness (QED) is 0.439. The zero-order valence-electron chi connectivity index (χ0n) is 19.5. The number of carboxylic acids is 1. The summed E-state index contributed by atoms with van der Waals surface area (Å²) in [6.07, 6.45) is -0.601. The van der Waals surface area contributed by atoms with Crippen molar-refractivity contribution in [2.45, 2.75) is 38.2 Å². The van der Waals surface area contributed by atoms with E-state index >= 15 is 0 Å². The number of ether oxygens (including phenoxy) is 1. The van der Waals surface area contributed by atoms with Gasteiger partial charge >= 0.3 is 5.97 Å². The molecular formula is C26H25ClFNO5S. The third kappa shape index (κ3) is 4.99. The minimum Gasteiger partial charge on any atom is -0.486 e. The molecule has 6 nitrogen and oxygen atoms in total. The number of carbonyl (C=O) groups is 1. The van der Waals surface area contributed by atoms with E-state index in [4.69, 9.17) is 16.3 Å². The van der Waals surface area contributed by atoms with Gasteiger partial charge in [-0.25, -0.2) is 12.8 Å². The van der Waals surface area contributed by atoms with Crippen molar-refractivity contribution < 1.29 is 27.4 Å². The summed E-state index contributed by atoms with van der Waals surface area (Å²) in [5.74, 6) is -1.19. The van der Waals surface area contributed by atoms with Gasteiger partial charge in [0.1, 0.15) is 17.7 Å². The Morgan fingerprint density at radius 3 is 2.60 bits per heavy atom. The molecule has 0 unspecified atom stereocenters. The molecule has 1 N–H and O–H groups in total. The molecule has 0 fully saturated rings. The Hall–Kier alpha value is -3.10. The molecule has 184 valence electrons. The van der Waals surface area contributed by atoms with Gasteiger partial charge in [-0.05, 0) is 74.4 Å². The summed E-state index contributed by atoms with van der Waals surface area (Å²) in [7, 11) is -4.03. The Morgan fingerprint density at radius 1 is 1.17 bits per heavy atom. The normalized spacial score (nSPS) is 15.9. The number of sulfonamides is 1. The van der Waals surface area contributed by atoms with Crippen LogP contribution in [0.4, 0.5) is 10.1 Å². The van der Waals surface area contributed by atoms with E-state index in [1.165, 1.54) is 28.6 Å². The van der Waals surface area contributed by atoms with Gasteiger partial charge in [-0.1, -0.05) is 29.8 Å². The Bertz CT molecular complexity index is 1410. The minimum atomic E-state index is -4.03. The summed E-state index contributed by atoms with van der Waals surface area (Å²) in [4.78, 5) is 11.8. The highest BCUT2D eigenvalue weighted by Gasteiger charge is 2.39. The van der Waals surface area contributed by atoms with Crippen LogP contribution in [0.3, 0.4) is 0 Å². The van der Waals surface area contributed by atoms with E-state index in [2.05, 4.69) is 0 Å². The molecule has 1 heterocycles. The van der Waals surface area contributed by atoms with Gasteiger partial charge in [-0.15, -0.1) is 0 Å². The standard InChI is InChI=1S/C26H25ClFNO5S/c1-16-5-4-6-20(11-16)35(32,33)29-15-19(14-26(2,3)25(30)31)34-24-10-7-17(12-23(24)29)21-13-18(28)8-9-22(21)27/h4-13,19H,14-15H2,1-3H3,(H,30,31)/t19-/m0/s1. The number of carboxylic acid groups (broad SMARTS) is 1. The average molecular weight is 518 g/mol. The predicted octanol–water partition coefficient (Wildman–Crippen LogP) is 5.91. The second-order valence-electron chi connectivity index (χ2n) is 9.29. The second kappa shape index (κ2) is 9.17. The van der Waals surface area contributed by atoms with E-state index in [1.54, 1.807) is 57.2 Å². The maximum Gasteiger partial charge on any atom is 0.309 e. The van der Waals surface area contributed by atoms with Crippen molar-refractivity contribution in [2.24, 2.45) is 5.41 Å². The van der Waals surface area contributed by atoms with Crippen LogP contribution >= 0.6 is 11.6 Å². The van der Waals surface area contributed by atoms with Crippen LogP contribution in [0.5, 0.6) is 5.75 Å². The van der Waals surface area contributed by atoms with Crippen LogP contribution in [0, 0.1) is 18.2 Å². The van der Waals surface area contributed by atoms with E-state index < -0.39 is 33.3 Å². The van der Waals surface area contributed by atoms with Crippen LogP contribution < -0.4 is 9.04 Å². The molecule has 1 aliphatic rings. The lowest BCUT2D eigenvalue weighted by Crippen LogP contribution is -2.46. The van der Waals surface area contributed by atoms with E-state index in [1.807, 2.05) is 0 Å². The molecule has 0 saturated carbocycles. The molecule has 0 radical (unpaired) electrons. The van der Waals surface area contributed by atoms with Gasteiger partial charge in [0.25, 0.3) is 10.0 Å². The number of nitrogens with zero attached hydrogens (tertiary/aromatic N) is 1. The van der Waals surface area contributed by atoms with Gasteiger partial charge in [0, 0.05) is 17.0 Å². The first-order valence-corrected chi connectivity index (χ1v) is 12.8. The molecule has 3 aromatic carbocycles. The maximum absolute atomic E-state index is 13.9. The molecular weight excluding hydrogens is 493 g/mol. The topological polar surface area (TPSA) is 83.9 Å². The molecule has 0 saturated heterocycles. The predicted molar refractivity (Wildman–Crippen MR) is 133 cm³/mol. The van der Waals surface area contributed by atoms with Gasteiger partial charge in [-0.3, -0.25) is 9.10 Å². The summed E-state index contributed by atoms with van der Waals surface area (Å²) in [5.41, 5.74) is 0.856. The fourth-order valence-corrected chi connectivity index (χ4v) is 5.92. The molecule has 1 aliphatic heterocycles. The van der Waals surface area contributed by atoms with Crippen LogP contribution in [-0.2, 0) is 14.8 Å². The van der Waals surface area contributed by atoms with Crippen molar-refractivity contribution in [3.05, 3.63) is 77.1 Å². The lowest BCUT2D eigenvalue weighted by Gasteiger charge is -2.38. The van der Waals surface area contributed by atoms with Gasteiger partial charge < -0.3 is 9.84 Å². The highest BCUT2D eigenvalue weighted by atomic mass is 35.5. The summed E-state index contributed by atoms with van der Waals surface area (Å²) in [6, 6.07) is 15.4. The first-order chi connectivity index (χ1) is 16.4. The summed E-state index contributed by atoms with van der Waals surface area (Å²) in [5, 5.41) is 9.90. The second-order valence-corrected chi connectivity index (χ2v) is 11.6. The summed E-state index contributed by atoms with van der Waals surface area (Å²) in [6.45, 7) is 4.86. The number of aliphatic carboxylic acids is 1. The first-order valence-electron chi connectivity index (χ1n) is 11.0. The number of halogens is 2. The van der Waals surface area contributed by atoms with E-state index in [0.717, 1.165) is 5.56 Å². The van der Waals surface area contributed by atoms with Gasteiger partial charge in [0.05, 0.1) is 22.5 Å². The van der Waals surface area contributed by atoms with E-state index in [9.17, 15) is 22.7 Å². The van der Waals surface area contributed by atoms with E-state index in [0.29, 0.717) is 16.1 Å². The lowest BCUT2D eigenvalue weighted by molar-refractivity contribution is -0.148. The number of rotatable bonds is 6. The van der Waals surface area contributed by atoms with Gasteiger partial charge in [0.2, 0.25) is 0 Å². The fourth-order valence-electron chi connectivity index (χ4n) is 4.09. The molecule has 0 spiro atoms. The third-order valence-corrected chi connectivity index (χ3v) is 8.13.